The SMILES string of the molecule is COC(=O)C(CCSC)NC(=O)CCc1c(C)c2cc3c(C)c(C)oc3c(C)c2oc1=O. The Morgan fingerprint density at radius 2 is 1.72 bits per heavy atom. The first-order valence-corrected chi connectivity index (χ1v) is 11.9. The number of benzene rings is 1. The van der Waals surface area contributed by atoms with Crippen LogP contribution in [0.5, 0.6) is 0 Å². The topological polar surface area (TPSA) is 98.8 Å². The number of rotatable bonds is 8. The van der Waals surface area contributed by atoms with Crippen molar-refractivity contribution in [2.75, 3.05) is 19.1 Å². The average Bonchev–Trinajstić information content (AvgIpc) is 3.05. The second-order valence-electron chi connectivity index (χ2n) is 7.96. The largest absolute Gasteiger partial charge is 0.467 e. The van der Waals surface area contributed by atoms with Crippen molar-refractivity contribution in [1.82, 2.24) is 5.32 Å². The molecule has 0 saturated heterocycles. The number of amides is 1. The van der Waals surface area contributed by atoms with E-state index in [-0.39, 0.29) is 18.7 Å². The lowest BCUT2D eigenvalue weighted by atomic mass is 9.98. The maximum absolute atomic E-state index is 12.7. The molecule has 2 aromatic heterocycles. The van der Waals surface area contributed by atoms with Crippen LogP contribution in [-0.4, -0.2) is 37.0 Å². The van der Waals surface area contributed by atoms with E-state index in [2.05, 4.69) is 5.32 Å². The highest BCUT2D eigenvalue weighted by Crippen LogP contribution is 2.34. The molecule has 32 heavy (non-hydrogen) atoms. The van der Waals surface area contributed by atoms with Crippen LogP contribution in [0.25, 0.3) is 21.9 Å². The molecule has 0 fully saturated rings. The summed E-state index contributed by atoms with van der Waals surface area (Å²) in [5.41, 5.74) is 3.86. The predicted octanol–water partition coefficient (Wildman–Crippen LogP) is 4.12. The van der Waals surface area contributed by atoms with Crippen LogP contribution in [0.3, 0.4) is 0 Å². The van der Waals surface area contributed by atoms with Gasteiger partial charge in [-0.05, 0) is 69.7 Å². The van der Waals surface area contributed by atoms with E-state index in [9.17, 15) is 14.4 Å². The molecule has 0 aliphatic heterocycles. The highest BCUT2D eigenvalue weighted by Gasteiger charge is 2.22. The molecule has 1 atom stereocenters. The number of furan rings is 1. The molecule has 1 amide bonds. The van der Waals surface area contributed by atoms with E-state index in [0.717, 1.165) is 38.8 Å². The molecule has 8 heteroatoms. The monoisotopic (exact) mass is 459 g/mol. The Bertz CT molecular complexity index is 1240. The molecule has 3 rings (SSSR count). The Hall–Kier alpha value is -2.74. The summed E-state index contributed by atoms with van der Waals surface area (Å²) < 4.78 is 16.3. The lowest BCUT2D eigenvalue weighted by molar-refractivity contribution is -0.145. The zero-order valence-electron chi connectivity index (χ0n) is 19.3. The van der Waals surface area contributed by atoms with Crippen molar-refractivity contribution in [3.8, 4) is 0 Å². The zero-order valence-corrected chi connectivity index (χ0v) is 20.2. The fourth-order valence-corrected chi connectivity index (χ4v) is 4.38. The Labute approximate surface area is 190 Å². The Morgan fingerprint density at radius 3 is 2.38 bits per heavy atom. The van der Waals surface area contributed by atoms with E-state index in [1.54, 1.807) is 11.8 Å². The van der Waals surface area contributed by atoms with E-state index < -0.39 is 17.6 Å². The third-order valence-electron chi connectivity index (χ3n) is 5.98. The number of nitrogens with one attached hydrogen (secondary N) is 1. The van der Waals surface area contributed by atoms with Crippen molar-refractivity contribution < 1.29 is 23.2 Å². The number of carbonyl (C=O) groups excluding carboxylic acids is 2. The molecule has 2 heterocycles. The molecule has 0 aliphatic rings. The number of hydrogen-bond donors (Lipinski definition) is 1. The van der Waals surface area contributed by atoms with Gasteiger partial charge in [-0.3, -0.25) is 4.79 Å². The summed E-state index contributed by atoms with van der Waals surface area (Å²) in [6.45, 7) is 7.66. The van der Waals surface area contributed by atoms with Crippen LogP contribution in [0.4, 0.5) is 0 Å². The van der Waals surface area contributed by atoms with Gasteiger partial charge < -0.3 is 18.9 Å². The van der Waals surface area contributed by atoms with E-state index >= 15 is 0 Å². The summed E-state index contributed by atoms with van der Waals surface area (Å²) >= 11 is 1.58. The van der Waals surface area contributed by atoms with Crippen LogP contribution in [-0.2, 0) is 20.7 Å². The number of esters is 1. The molecule has 172 valence electrons. The van der Waals surface area contributed by atoms with E-state index in [1.807, 2.05) is 40.0 Å². The number of hydrogen-bond acceptors (Lipinski definition) is 7. The van der Waals surface area contributed by atoms with Crippen molar-refractivity contribution in [2.45, 2.75) is 53.0 Å². The molecule has 0 spiro atoms. The molecule has 7 nitrogen and oxygen atoms in total. The van der Waals surface area contributed by atoms with Crippen molar-refractivity contribution >= 4 is 45.6 Å². The van der Waals surface area contributed by atoms with Gasteiger partial charge in [0, 0.05) is 28.3 Å². The lowest BCUT2D eigenvalue weighted by Gasteiger charge is -2.16. The van der Waals surface area contributed by atoms with Crippen LogP contribution in [0.2, 0.25) is 0 Å². The maximum Gasteiger partial charge on any atom is 0.339 e. The average molecular weight is 460 g/mol. The summed E-state index contributed by atoms with van der Waals surface area (Å²) in [5.74, 6) is 0.762. The number of aryl methyl sites for hydroxylation is 4. The summed E-state index contributed by atoms with van der Waals surface area (Å²) in [7, 11) is 1.30. The summed E-state index contributed by atoms with van der Waals surface area (Å²) in [6, 6.07) is 1.29. The van der Waals surface area contributed by atoms with Crippen LogP contribution in [0.15, 0.2) is 19.7 Å². The molecular weight excluding hydrogens is 430 g/mol. The summed E-state index contributed by atoms with van der Waals surface area (Å²) in [4.78, 5) is 37.2. The maximum atomic E-state index is 12.7. The van der Waals surface area contributed by atoms with Crippen molar-refractivity contribution in [1.29, 1.82) is 0 Å². The van der Waals surface area contributed by atoms with Gasteiger partial charge in [-0.2, -0.15) is 11.8 Å². The highest BCUT2D eigenvalue weighted by molar-refractivity contribution is 7.98. The van der Waals surface area contributed by atoms with E-state index in [0.29, 0.717) is 23.3 Å². The number of carbonyl (C=O) groups is 2. The number of ether oxygens (including phenoxy) is 1. The minimum atomic E-state index is -0.697. The van der Waals surface area contributed by atoms with Gasteiger partial charge in [0.2, 0.25) is 5.91 Å². The third kappa shape index (κ3) is 4.55. The fourth-order valence-electron chi connectivity index (χ4n) is 3.91. The van der Waals surface area contributed by atoms with Crippen molar-refractivity contribution in [2.24, 2.45) is 0 Å². The lowest BCUT2D eigenvalue weighted by Crippen LogP contribution is -2.42. The molecule has 1 unspecified atom stereocenters. The third-order valence-corrected chi connectivity index (χ3v) is 6.62. The van der Waals surface area contributed by atoms with Crippen molar-refractivity contribution in [3.63, 3.8) is 0 Å². The molecule has 0 radical (unpaired) electrons. The van der Waals surface area contributed by atoms with Crippen molar-refractivity contribution in [3.05, 3.63) is 44.5 Å². The number of thioether (sulfide) groups is 1. The Balaban J connectivity index is 1.88. The minimum Gasteiger partial charge on any atom is -0.467 e. The first-order valence-electron chi connectivity index (χ1n) is 10.5. The molecule has 1 aromatic carbocycles. The predicted molar refractivity (Wildman–Crippen MR) is 126 cm³/mol. The van der Waals surface area contributed by atoms with Crippen LogP contribution in [0.1, 0.15) is 40.9 Å². The summed E-state index contributed by atoms with van der Waals surface area (Å²) in [6.07, 6.45) is 2.69. The van der Waals surface area contributed by atoms with Crippen LogP contribution < -0.4 is 10.9 Å². The second-order valence-corrected chi connectivity index (χ2v) is 8.94. The van der Waals surface area contributed by atoms with E-state index in [4.69, 9.17) is 13.6 Å². The second kappa shape index (κ2) is 9.81. The number of methoxy groups -OCH3 is 1. The van der Waals surface area contributed by atoms with Crippen LogP contribution in [0, 0.1) is 27.7 Å². The first-order chi connectivity index (χ1) is 15.2. The zero-order chi connectivity index (χ0) is 23.6. The van der Waals surface area contributed by atoms with Gasteiger partial charge in [-0.1, -0.05) is 0 Å². The smallest absolute Gasteiger partial charge is 0.339 e. The van der Waals surface area contributed by atoms with Gasteiger partial charge in [0.25, 0.3) is 0 Å². The Morgan fingerprint density at radius 1 is 1.06 bits per heavy atom. The molecule has 0 saturated carbocycles. The first kappa shape index (κ1) is 23.9. The van der Waals surface area contributed by atoms with E-state index in [1.165, 1.54) is 7.11 Å². The minimum absolute atomic E-state index is 0.0644. The molecule has 0 aliphatic carbocycles. The van der Waals surface area contributed by atoms with Crippen LogP contribution >= 0.6 is 11.8 Å². The van der Waals surface area contributed by atoms with Gasteiger partial charge >= 0.3 is 11.6 Å². The van der Waals surface area contributed by atoms with Gasteiger partial charge in [-0.25, -0.2) is 9.59 Å². The highest BCUT2D eigenvalue weighted by atomic mass is 32.2. The Kier molecular flexibility index (Phi) is 7.33. The molecule has 3 aromatic rings. The fraction of sp³-hybridized carbons (Fsp3) is 0.458. The standard InChI is InChI=1S/C24H29NO6S/c1-12-15(4)30-21-14(3)22-18(11-17(12)21)13(2)16(23(27)31-22)7-8-20(26)25-19(9-10-32-6)24(28)29-5/h11,19H,7-10H2,1-6H3,(H,25,26). The van der Waals surface area contributed by atoms with Gasteiger partial charge in [0.05, 0.1) is 7.11 Å². The van der Waals surface area contributed by atoms with Gasteiger partial charge in [0.1, 0.15) is 23.0 Å². The number of fused-ring (bicyclic) bond motifs is 2. The molecular formula is C24H29NO6S. The normalized spacial score (nSPS) is 12.3. The molecule has 1 N–H and O–H groups in total. The van der Waals surface area contributed by atoms with Gasteiger partial charge in [0.15, 0.2) is 0 Å². The summed E-state index contributed by atoms with van der Waals surface area (Å²) in [5, 5.41) is 4.54. The van der Waals surface area contributed by atoms with Gasteiger partial charge in [-0.15, -0.1) is 0 Å². The quantitative estimate of drug-likeness (QED) is 0.400. The molecule has 0 bridgehead atoms.